The van der Waals surface area contributed by atoms with Crippen molar-refractivity contribution in [1.82, 2.24) is 0 Å². The zero-order valence-electron chi connectivity index (χ0n) is 6.02. The van der Waals surface area contributed by atoms with Crippen LogP contribution in [0, 0.1) is 0 Å². The molecule has 0 unspecified atom stereocenters. The minimum atomic E-state index is -0.517. The third kappa shape index (κ3) is 1.54. The number of hydrogen-bond donors (Lipinski definition) is 3. The molecule has 0 bridgehead atoms. The van der Waals surface area contributed by atoms with Gasteiger partial charge in [0.15, 0.2) is 5.84 Å². The summed E-state index contributed by atoms with van der Waals surface area (Å²) in [4.78, 5) is 11.5. The molecule has 0 aliphatic heterocycles. The first-order chi connectivity index (χ1) is 5.65. The Morgan fingerprint density at radius 1 is 1.42 bits per heavy atom. The molecule has 5 nitrogen and oxygen atoms in total. The van der Waals surface area contributed by atoms with Crippen molar-refractivity contribution in [1.29, 1.82) is 0 Å². The minimum Gasteiger partial charge on any atom is -0.409 e. The van der Waals surface area contributed by atoms with Crippen molar-refractivity contribution in [2.75, 3.05) is 0 Å². The van der Waals surface area contributed by atoms with Gasteiger partial charge in [-0.15, -0.1) is 11.3 Å². The van der Waals surface area contributed by atoms with Crippen molar-refractivity contribution < 1.29 is 10.0 Å². The van der Waals surface area contributed by atoms with E-state index in [1.807, 2.05) is 0 Å². The van der Waals surface area contributed by atoms with Gasteiger partial charge in [-0.2, -0.15) is 0 Å². The number of rotatable bonds is 2. The van der Waals surface area contributed by atoms with Crippen molar-refractivity contribution in [2.45, 2.75) is 0 Å². The van der Waals surface area contributed by atoms with E-state index >= 15 is 0 Å². The van der Waals surface area contributed by atoms with Gasteiger partial charge in [0.1, 0.15) is 0 Å². The van der Waals surface area contributed by atoms with Gasteiger partial charge in [-0.3, -0.25) is 4.79 Å². The lowest BCUT2D eigenvalue weighted by molar-refractivity contribution is 0.100. The minimum absolute atomic E-state index is 0.0208. The summed E-state index contributed by atoms with van der Waals surface area (Å²) in [6, 6.07) is 3.10. The van der Waals surface area contributed by atoms with E-state index in [1.54, 1.807) is 6.07 Å². The first-order valence-electron chi connectivity index (χ1n) is 3.02. The number of carbonyl (C=O) groups excluding carboxylic acids is 1. The molecule has 1 heterocycles. The molecule has 6 heteroatoms. The maximum absolute atomic E-state index is 10.6. The van der Waals surface area contributed by atoms with Crippen molar-refractivity contribution in [3.8, 4) is 0 Å². The van der Waals surface area contributed by atoms with Crippen LogP contribution in [0.3, 0.4) is 0 Å². The van der Waals surface area contributed by atoms with Crippen LogP contribution in [0.4, 0.5) is 0 Å². The van der Waals surface area contributed by atoms with E-state index in [2.05, 4.69) is 5.16 Å². The van der Waals surface area contributed by atoms with Gasteiger partial charge < -0.3 is 16.7 Å². The first kappa shape index (κ1) is 8.54. The predicted molar refractivity (Wildman–Crippen MR) is 45.3 cm³/mol. The number of amidine groups is 1. The molecule has 1 aromatic rings. The number of thiophene rings is 1. The fourth-order valence-electron chi connectivity index (χ4n) is 0.657. The standard InChI is InChI=1S/C6H7N3O2S/c7-5(9-11)3-1-2-4(12-3)6(8)10/h1-2,11H,(H2,7,9)(H2,8,10). The van der Waals surface area contributed by atoms with E-state index in [-0.39, 0.29) is 5.84 Å². The van der Waals surface area contributed by atoms with Gasteiger partial charge in [-0.1, -0.05) is 5.16 Å². The van der Waals surface area contributed by atoms with Crippen LogP contribution in [0.5, 0.6) is 0 Å². The highest BCUT2D eigenvalue weighted by Gasteiger charge is 2.07. The third-order valence-electron chi connectivity index (χ3n) is 1.21. The number of nitrogens with zero attached hydrogens (tertiary/aromatic N) is 1. The third-order valence-corrected chi connectivity index (χ3v) is 2.33. The highest BCUT2D eigenvalue weighted by molar-refractivity contribution is 7.16. The van der Waals surface area contributed by atoms with E-state index in [4.69, 9.17) is 16.7 Å². The van der Waals surface area contributed by atoms with Crippen LogP contribution in [0.2, 0.25) is 0 Å². The molecule has 12 heavy (non-hydrogen) atoms. The summed E-state index contributed by atoms with van der Waals surface area (Å²) in [7, 11) is 0. The van der Waals surface area contributed by atoms with E-state index < -0.39 is 5.91 Å². The summed E-state index contributed by atoms with van der Waals surface area (Å²) >= 11 is 1.08. The van der Waals surface area contributed by atoms with Gasteiger partial charge in [0.05, 0.1) is 9.75 Å². The summed E-state index contributed by atoms with van der Waals surface area (Å²) in [5.41, 5.74) is 10.3. The van der Waals surface area contributed by atoms with Gasteiger partial charge in [-0.05, 0) is 12.1 Å². The smallest absolute Gasteiger partial charge is 0.258 e. The maximum atomic E-state index is 10.6. The summed E-state index contributed by atoms with van der Waals surface area (Å²) in [5, 5.41) is 11.1. The summed E-state index contributed by atoms with van der Waals surface area (Å²) < 4.78 is 0. The number of oxime groups is 1. The van der Waals surface area contributed by atoms with E-state index in [9.17, 15) is 4.79 Å². The molecule has 0 fully saturated rings. The number of amides is 1. The Kier molecular flexibility index (Phi) is 2.29. The van der Waals surface area contributed by atoms with Crippen LogP contribution in [-0.2, 0) is 0 Å². The normalized spacial score (nSPS) is 11.5. The molecule has 0 radical (unpaired) electrons. The number of nitrogens with two attached hydrogens (primary N) is 2. The van der Waals surface area contributed by atoms with Crippen LogP contribution >= 0.6 is 11.3 Å². The number of primary amides is 1. The second kappa shape index (κ2) is 3.22. The Morgan fingerprint density at radius 2 is 2.00 bits per heavy atom. The molecule has 0 saturated heterocycles. The van der Waals surface area contributed by atoms with Crippen LogP contribution in [-0.4, -0.2) is 17.0 Å². The summed E-state index contributed by atoms with van der Waals surface area (Å²) in [6.45, 7) is 0. The first-order valence-corrected chi connectivity index (χ1v) is 3.84. The van der Waals surface area contributed by atoms with Gasteiger partial charge in [0, 0.05) is 0 Å². The predicted octanol–water partition coefficient (Wildman–Crippen LogP) is -0.0585. The summed E-state index contributed by atoms with van der Waals surface area (Å²) in [5.74, 6) is -0.538. The molecule has 1 rings (SSSR count). The lowest BCUT2D eigenvalue weighted by Gasteiger charge is -1.89. The van der Waals surface area contributed by atoms with E-state index in [0.717, 1.165) is 11.3 Å². The fourth-order valence-corrected chi connectivity index (χ4v) is 1.41. The number of carbonyl (C=O) groups is 1. The van der Waals surface area contributed by atoms with Crippen molar-refractivity contribution in [2.24, 2.45) is 16.6 Å². The molecule has 1 amide bonds. The quantitative estimate of drug-likeness (QED) is 0.260. The Hall–Kier alpha value is -1.56. The molecule has 0 saturated carbocycles. The highest BCUT2D eigenvalue weighted by atomic mass is 32.1. The second-order valence-electron chi connectivity index (χ2n) is 2.01. The Bertz CT molecular complexity index is 331. The Labute approximate surface area is 72.3 Å². The van der Waals surface area contributed by atoms with Crippen molar-refractivity contribution >= 4 is 23.1 Å². The summed E-state index contributed by atoms with van der Waals surface area (Å²) in [6.07, 6.45) is 0. The molecule has 0 aliphatic carbocycles. The van der Waals surface area contributed by atoms with Crippen LogP contribution in [0.25, 0.3) is 0 Å². The Morgan fingerprint density at radius 3 is 2.42 bits per heavy atom. The average Bonchev–Trinajstić information content (AvgIpc) is 2.51. The molecule has 5 N–H and O–H groups in total. The molecular weight excluding hydrogens is 178 g/mol. The van der Waals surface area contributed by atoms with Gasteiger partial charge >= 0.3 is 0 Å². The van der Waals surface area contributed by atoms with Crippen molar-refractivity contribution in [3.63, 3.8) is 0 Å². The molecule has 0 aliphatic rings. The maximum Gasteiger partial charge on any atom is 0.258 e. The molecule has 0 spiro atoms. The molecule has 64 valence electrons. The monoisotopic (exact) mass is 185 g/mol. The SMILES string of the molecule is NC(=O)c1ccc(/C(N)=N/O)s1. The topological polar surface area (TPSA) is 102 Å². The lowest BCUT2D eigenvalue weighted by Crippen LogP contribution is -2.11. The van der Waals surface area contributed by atoms with Gasteiger partial charge in [0.2, 0.25) is 0 Å². The average molecular weight is 185 g/mol. The largest absolute Gasteiger partial charge is 0.409 e. The lowest BCUT2D eigenvalue weighted by atomic mass is 10.4. The zero-order chi connectivity index (χ0) is 9.14. The van der Waals surface area contributed by atoms with Gasteiger partial charge in [-0.25, -0.2) is 0 Å². The Balaban J connectivity index is 2.99. The molecule has 0 atom stereocenters. The van der Waals surface area contributed by atoms with Gasteiger partial charge in [0.25, 0.3) is 5.91 Å². The van der Waals surface area contributed by atoms with Crippen molar-refractivity contribution in [3.05, 3.63) is 21.9 Å². The van der Waals surface area contributed by atoms with Crippen LogP contribution in [0.15, 0.2) is 17.3 Å². The second-order valence-corrected chi connectivity index (χ2v) is 3.10. The zero-order valence-corrected chi connectivity index (χ0v) is 6.84. The van der Waals surface area contributed by atoms with E-state index in [1.165, 1.54) is 6.07 Å². The van der Waals surface area contributed by atoms with Crippen LogP contribution < -0.4 is 11.5 Å². The van der Waals surface area contributed by atoms with E-state index in [0.29, 0.717) is 9.75 Å². The number of hydrogen-bond acceptors (Lipinski definition) is 4. The highest BCUT2D eigenvalue weighted by Crippen LogP contribution is 2.14. The molecule has 0 aromatic carbocycles. The van der Waals surface area contributed by atoms with Crippen LogP contribution in [0.1, 0.15) is 14.5 Å². The fraction of sp³-hybridized carbons (Fsp3) is 0. The molecule has 1 aromatic heterocycles. The molecular formula is C6H7N3O2S.